The average molecular weight is 492 g/mol. The molecule has 4 N–H and O–H groups in total. The standard InChI is InChI=1S/C26H24N2O8/c27-15-19(11-17-5-7-21(29)23(31)13-17)25(33)35-9-3-1-2-4-10-36-26(34)20(16-28)12-18-6-8-22(30)24(32)14-18/h5-8,11-14,29-32H,1-4,9-10H2/b19-11+,20-12+. The molecule has 0 fully saturated rings. The Morgan fingerprint density at radius 3 is 1.39 bits per heavy atom. The second-order valence-electron chi connectivity index (χ2n) is 7.52. The second kappa shape index (κ2) is 13.7. The van der Waals surface area contributed by atoms with Gasteiger partial charge < -0.3 is 29.9 Å². The Balaban J connectivity index is 1.69. The summed E-state index contributed by atoms with van der Waals surface area (Å²) < 4.78 is 10.2. The molecule has 10 nitrogen and oxygen atoms in total. The molecule has 0 atom stereocenters. The van der Waals surface area contributed by atoms with Crippen LogP contribution >= 0.6 is 0 Å². The van der Waals surface area contributed by atoms with E-state index in [2.05, 4.69) is 0 Å². The van der Waals surface area contributed by atoms with Gasteiger partial charge in [0.25, 0.3) is 0 Å². The molecule has 0 unspecified atom stereocenters. The maximum Gasteiger partial charge on any atom is 0.348 e. The van der Waals surface area contributed by atoms with Crippen LogP contribution in [-0.4, -0.2) is 45.6 Å². The van der Waals surface area contributed by atoms with Crippen LogP contribution in [0.3, 0.4) is 0 Å². The maximum absolute atomic E-state index is 12.1. The summed E-state index contributed by atoms with van der Waals surface area (Å²) in [5, 5.41) is 56.0. The molecular weight excluding hydrogens is 468 g/mol. The number of rotatable bonds is 11. The normalized spacial score (nSPS) is 11.3. The van der Waals surface area contributed by atoms with Gasteiger partial charge in [-0.05, 0) is 73.2 Å². The van der Waals surface area contributed by atoms with Crippen LogP contribution in [0.2, 0.25) is 0 Å². The number of benzene rings is 2. The van der Waals surface area contributed by atoms with Gasteiger partial charge in [-0.2, -0.15) is 10.5 Å². The zero-order chi connectivity index (χ0) is 26.5. The van der Waals surface area contributed by atoms with Gasteiger partial charge in [0.1, 0.15) is 23.3 Å². The summed E-state index contributed by atoms with van der Waals surface area (Å²) in [5.74, 6) is -3.01. The Bertz CT molecular complexity index is 1150. The summed E-state index contributed by atoms with van der Waals surface area (Å²) in [6.07, 6.45) is 4.85. The molecule has 0 saturated heterocycles. The van der Waals surface area contributed by atoms with E-state index in [4.69, 9.17) is 9.47 Å². The van der Waals surface area contributed by atoms with Crippen molar-refractivity contribution < 1.29 is 39.5 Å². The minimum Gasteiger partial charge on any atom is -0.504 e. The molecule has 0 heterocycles. The van der Waals surface area contributed by atoms with Gasteiger partial charge in [-0.1, -0.05) is 12.1 Å². The van der Waals surface area contributed by atoms with Gasteiger partial charge in [0.05, 0.1) is 13.2 Å². The Morgan fingerprint density at radius 2 is 1.06 bits per heavy atom. The zero-order valence-corrected chi connectivity index (χ0v) is 19.2. The molecule has 0 amide bonds. The highest BCUT2D eigenvalue weighted by atomic mass is 16.5. The molecule has 0 saturated carbocycles. The third-order valence-corrected chi connectivity index (χ3v) is 4.81. The molecule has 0 radical (unpaired) electrons. The van der Waals surface area contributed by atoms with Crippen molar-refractivity contribution in [2.75, 3.05) is 13.2 Å². The number of nitriles is 2. The Morgan fingerprint density at radius 1 is 0.667 bits per heavy atom. The third kappa shape index (κ3) is 8.43. The number of unbranched alkanes of at least 4 members (excludes halogenated alkanes) is 3. The highest BCUT2D eigenvalue weighted by Crippen LogP contribution is 2.27. The summed E-state index contributed by atoms with van der Waals surface area (Å²) in [6.45, 7) is 0.165. The van der Waals surface area contributed by atoms with E-state index in [1.165, 1.54) is 48.6 Å². The van der Waals surface area contributed by atoms with Crippen molar-refractivity contribution in [3.05, 3.63) is 58.7 Å². The molecule has 0 aliphatic heterocycles. The fourth-order valence-electron chi connectivity index (χ4n) is 2.91. The first-order valence-electron chi connectivity index (χ1n) is 10.9. The van der Waals surface area contributed by atoms with E-state index in [-0.39, 0.29) is 47.4 Å². The molecule has 2 rings (SSSR count). The molecule has 0 aromatic heterocycles. The van der Waals surface area contributed by atoms with Crippen LogP contribution in [0.15, 0.2) is 47.5 Å². The van der Waals surface area contributed by atoms with Gasteiger partial charge >= 0.3 is 11.9 Å². The average Bonchev–Trinajstić information content (AvgIpc) is 2.86. The summed E-state index contributed by atoms with van der Waals surface area (Å²) in [4.78, 5) is 24.1. The van der Waals surface area contributed by atoms with Crippen molar-refractivity contribution in [1.82, 2.24) is 0 Å². The number of hydrogen-bond acceptors (Lipinski definition) is 10. The smallest absolute Gasteiger partial charge is 0.348 e. The number of hydrogen-bond donors (Lipinski definition) is 4. The Labute approximate surface area is 207 Å². The predicted octanol–water partition coefficient (Wildman–Crippen LogP) is 3.67. The van der Waals surface area contributed by atoms with Crippen molar-refractivity contribution in [1.29, 1.82) is 10.5 Å². The summed E-state index contributed by atoms with van der Waals surface area (Å²) in [7, 11) is 0. The number of nitrogens with zero attached hydrogens (tertiary/aromatic N) is 2. The molecule has 2 aromatic rings. The molecular formula is C26H24N2O8. The number of esters is 2. The van der Waals surface area contributed by atoms with Crippen molar-refractivity contribution in [2.45, 2.75) is 25.7 Å². The van der Waals surface area contributed by atoms with Crippen molar-refractivity contribution >= 4 is 24.1 Å². The third-order valence-electron chi connectivity index (χ3n) is 4.81. The number of ether oxygens (including phenoxy) is 2. The molecule has 186 valence electrons. The van der Waals surface area contributed by atoms with Gasteiger partial charge in [0, 0.05) is 0 Å². The van der Waals surface area contributed by atoms with Gasteiger partial charge in [-0.3, -0.25) is 0 Å². The number of carbonyl (C=O) groups is 2. The quantitative estimate of drug-likeness (QED) is 0.119. The van der Waals surface area contributed by atoms with Gasteiger partial charge in [-0.15, -0.1) is 0 Å². The van der Waals surface area contributed by atoms with Crippen LogP contribution in [0.25, 0.3) is 12.2 Å². The van der Waals surface area contributed by atoms with E-state index in [0.717, 1.165) is 0 Å². The summed E-state index contributed by atoms with van der Waals surface area (Å²) in [6, 6.07) is 11.2. The highest BCUT2D eigenvalue weighted by Gasteiger charge is 2.13. The first-order chi connectivity index (χ1) is 17.2. The maximum atomic E-state index is 12.1. The minimum absolute atomic E-state index is 0.0826. The van der Waals surface area contributed by atoms with Gasteiger partial charge in [-0.25, -0.2) is 9.59 Å². The van der Waals surface area contributed by atoms with E-state index in [1.54, 1.807) is 12.1 Å². The topological polar surface area (TPSA) is 181 Å². The fraction of sp³-hybridized carbons (Fsp3) is 0.231. The predicted molar refractivity (Wildman–Crippen MR) is 127 cm³/mol. The van der Waals surface area contributed by atoms with Gasteiger partial charge in [0.15, 0.2) is 23.0 Å². The molecule has 0 spiro atoms. The first-order valence-corrected chi connectivity index (χ1v) is 10.9. The lowest BCUT2D eigenvalue weighted by Crippen LogP contribution is -2.09. The highest BCUT2D eigenvalue weighted by molar-refractivity contribution is 5.98. The van der Waals surface area contributed by atoms with Crippen LogP contribution in [0, 0.1) is 22.7 Å². The van der Waals surface area contributed by atoms with E-state index < -0.39 is 11.9 Å². The lowest BCUT2D eigenvalue weighted by molar-refractivity contribution is -0.139. The number of phenolic OH excluding ortho intramolecular Hbond substituents is 4. The number of aromatic hydroxyl groups is 4. The number of carbonyl (C=O) groups excluding carboxylic acids is 2. The summed E-state index contributed by atoms with van der Waals surface area (Å²) in [5.41, 5.74) is 0.194. The lowest BCUT2D eigenvalue weighted by Gasteiger charge is -2.06. The van der Waals surface area contributed by atoms with E-state index in [9.17, 15) is 40.5 Å². The molecule has 0 aliphatic rings. The lowest BCUT2D eigenvalue weighted by atomic mass is 10.1. The SMILES string of the molecule is N#C/C(=C\c1ccc(O)c(O)c1)C(=O)OCCCCCCOC(=O)/C(C#N)=C/c1ccc(O)c(O)c1. The first kappa shape index (κ1) is 27.3. The van der Waals surface area contributed by atoms with Crippen molar-refractivity contribution in [3.63, 3.8) is 0 Å². The molecule has 0 aliphatic carbocycles. The Kier molecular flexibility index (Phi) is 10.4. The van der Waals surface area contributed by atoms with Crippen molar-refractivity contribution in [2.24, 2.45) is 0 Å². The molecule has 2 aromatic carbocycles. The molecule has 36 heavy (non-hydrogen) atoms. The van der Waals surface area contributed by atoms with Crippen LogP contribution in [-0.2, 0) is 19.1 Å². The number of phenols is 4. The van der Waals surface area contributed by atoms with E-state index >= 15 is 0 Å². The molecule has 10 heteroatoms. The van der Waals surface area contributed by atoms with Crippen LogP contribution in [0.1, 0.15) is 36.8 Å². The second-order valence-corrected chi connectivity index (χ2v) is 7.52. The summed E-state index contributed by atoms with van der Waals surface area (Å²) >= 11 is 0. The minimum atomic E-state index is -0.809. The monoisotopic (exact) mass is 492 g/mol. The van der Waals surface area contributed by atoms with Crippen LogP contribution in [0.4, 0.5) is 0 Å². The van der Waals surface area contributed by atoms with E-state index in [0.29, 0.717) is 36.8 Å². The largest absolute Gasteiger partial charge is 0.504 e. The Hall–Kier alpha value is -4.96. The zero-order valence-electron chi connectivity index (χ0n) is 19.2. The van der Waals surface area contributed by atoms with Gasteiger partial charge in [0.2, 0.25) is 0 Å². The van der Waals surface area contributed by atoms with Crippen LogP contribution in [0.5, 0.6) is 23.0 Å². The van der Waals surface area contributed by atoms with E-state index in [1.807, 2.05) is 0 Å². The van der Waals surface area contributed by atoms with Crippen molar-refractivity contribution in [3.8, 4) is 35.1 Å². The van der Waals surface area contributed by atoms with Crippen LogP contribution < -0.4 is 0 Å². The molecule has 0 bridgehead atoms. The fourth-order valence-corrected chi connectivity index (χ4v) is 2.91.